The summed E-state index contributed by atoms with van der Waals surface area (Å²) in [5, 5.41) is 3.00. The van der Waals surface area contributed by atoms with Gasteiger partial charge in [-0.2, -0.15) is 0 Å². The van der Waals surface area contributed by atoms with E-state index < -0.39 is 0 Å². The lowest BCUT2D eigenvalue weighted by Crippen LogP contribution is -2.29. The van der Waals surface area contributed by atoms with Crippen LogP contribution in [0, 0.1) is 0 Å². The zero-order valence-corrected chi connectivity index (χ0v) is 14.4. The van der Waals surface area contributed by atoms with Gasteiger partial charge in [-0.25, -0.2) is 0 Å². The second-order valence-electron chi connectivity index (χ2n) is 6.01. The number of hydrogen-bond donors (Lipinski definition) is 1. The highest BCUT2D eigenvalue weighted by molar-refractivity contribution is 6.36. The Bertz CT molecular complexity index is 464. The molecule has 0 saturated carbocycles. The quantitative estimate of drug-likeness (QED) is 0.521. The normalized spacial score (nSPS) is 10.7. The van der Waals surface area contributed by atoms with E-state index >= 15 is 0 Å². The molecule has 0 saturated heterocycles. The second kappa shape index (κ2) is 10.3. The average Bonchev–Trinajstić information content (AvgIpc) is 2.49. The van der Waals surface area contributed by atoms with Gasteiger partial charge in [0.1, 0.15) is 13.6 Å². The number of hydrogen-bond acceptors (Lipinski definition) is 3. The van der Waals surface area contributed by atoms with E-state index in [1.54, 1.807) is 7.11 Å². The van der Waals surface area contributed by atoms with Gasteiger partial charge >= 0.3 is 0 Å². The Labute approximate surface area is 135 Å². The topological polar surface area (TPSA) is 41.6 Å². The van der Waals surface area contributed by atoms with Crippen LogP contribution in [0.1, 0.15) is 42.5 Å². The van der Waals surface area contributed by atoms with Gasteiger partial charge in [-0.15, -0.1) is 0 Å². The first-order valence-corrected chi connectivity index (χ1v) is 8.12. The van der Waals surface area contributed by atoms with Crippen molar-refractivity contribution in [1.82, 2.24) is 10.2 Å². The molecule has 4 nitrogen and oxygen atoms in total. The molecule has 0 aliphatic rings. The minimum Gasteiger partial charge on any atom is -0.497 e. The third-order valence-corrected chi connectivity index (χ3v) is 3.75. The highest BCUT2D eigenvalue weighted by atomic mass is 16.5. The van der Waals surface area contributed by atoms with Crippen LogP contribution in [0.2, 0.25) is 0 Å². The molecule has 0 atom stereocenters. The Balaban J connectivity index is 2.18. The zero-order chi connectivity index (χ0) is 16.4. The third-order valence-electron chi connectivity index (χ3n) is 3.75. The van der Waals surface area contributed by atoms with Crippen LogP contribution in [0.3, 0.4) is 0 Å². The fourth-order valence-electron chi connectivity index (χ4n) is 2.40. The van der Waals surface area contributed by atoms with Gasteiger partial charge in [0.25, 0.3) is 5.91 Å². The maximum Gasteiger partial charge on any atom is 0.250 e. The van der Waals surface area contributed by atoms with E-state index in [1.807, 2.05) is 26.0 Å². The summed E-state index contributed by atoms with van der Waals surface area (Å²) in [5.41, 5.74) is 1.67. The molecule has 1 N–H and O–H groups in total. The van der Waals surface area contributed by atoms with E-state index in [0.29, 0.717) is 0 Å². The number of carbonyl (C=O) groups is 1. The standard InChI is InChI=1S/C17H29BN2O2/c1-20(2)12-8-6-4-5-7-11-19-17(21)15-10-9-14(22-3)13-16(15)18/h9-10,13H,4-8,11-12,18H2,1-3H3,(H,19,21). The van der Waals surface area contributed by atoms with Crippen LogP contribution in [-0.2, 0) is 0 Å². The largest absolute Gasteiger partial charge is 0.497 e. The molecule has 5 heteroatoms. The van der Waals surface area contributed by atoms with Crippen molar-refractivity contribution in [3.8, 4) is 5.75 Å². The van der Waals surface area contributed by atoms with Crippen molar-refractivity contribution < 1.29 is 9.53 Å². The van der Waals surface area contributed by atoms with Gasteiger partial charge in [0, 0.05) is 12.1 Å². The monoisotopic (exact) mass is 304 g/mol. The van der Waals surface area contributed by atoms with E-state index in [0.717, 1.165) is 36.3 Å². The molecule has 22 heavy (non-hydrogen) atoms. The van der Waals surface area contributed by atoms with Gasteiger partial charge in [0.15, 0.2) is 0 Å². The SMILES string of the molecule is Bc1cc(OC)ccc1C(=O)NCCCCCCCN(C)C. The molecule has 1 amide bonds. The first-order valence-electron chi connectivity index (χ1n) is 8.12. The molecule has 0 aromatic heterocycles. The first-order chi connectivity index (χ1) is 10.5. The Morgan fingerprint density at radius 1 is 1.18 bits per heavy atom. The minimum atomic E-state index is 0.00719. The molecule has 0 radical (unpaired) electrons. The van der Waals surface area contributed by atoms with Crippen molar-refractivity contribution in [2.24, 2.45) is 0 Å². The Morgan fingerprint density at radius 3 is 2.50 bits per heavy atom. The van der Waals surface area contributed by atoms with Gasteiger partial charge in [-0.05, 0) is 51.7 Å². The molecule has 0 aliphatic carbocycles. The number of unbranched alkanes of at least 4 members (excludes halogenated alkanes) is 4. The molecule has 0 bridgehead atoms. The fourth-order valence-corrected chi connectivity index (χ4v) is 2.40. The van der Waals surface area contributed by atoms with Crippen LogP contribution in [-0.4, -0.2) is 52.9 Å². The fraction of sp³-hybridized carbons (Fsp3) is 0.588. The van der Waals surface area contributed by atoms with Crippen LogP contribution in [0.4, 0.5) is 0 Å². The van der Waals surface area contributed by atoms with Gasteiger partial charge < -0.3 is 15.0 Å². The molecule has 0 fully saturated rings. The Kier molecular flexibility index (Phi) is 8.67. The molecule has 0 spiro atoms. The number of ether oxygens (including phenoxy) is 1. The number of nitrogens with one attached hydrogen (secondary N) is 1. The van der Waals surface area contributed by atoms with Crippen molar-refractivity contribution in [3.63, 3.8) is 0 Å². The summed E-state index contributed by atoms with van der Waals surface area (Å²) in [6, 6.07) is 5.54. The summed E-state index contributed by atoms with van der Waals surface area (Å²) in [6.45, 7) is 1.91. The zero-order valence-electron chi connectivity index (χ0n) is 14.4. The van der Waals surface area contributed by atoms with Crippen molar-refractivity contribution >= 4 is 19.2 Å². The summed E-state index contributed by atoms with van der Waals surface area (Å²) in [6.07, 6.45) is 5.98. The maximum atomic E-state index is 12.1. The van der Waals surface area contributed by atoms with Crippen molar-refractivity contribution in [2.75, 3.05) is 34.3 Å². The summed E-state index contributed by atoms with van der Waals surface area (Å²) < 4.78 is 5.16. The van der Waals surface area contributed by atoms with E-state index in [9.17, 15) is 4.79 Å². The number of amides is 1. The summed E-state index contributed by atoms with van der Waals surface area (Å²) >= 11 is 0. The van der Waals surface area contributed by atoms with Crippen LogP contribution in [0.25, 0.3) is 0 Å². The number of rotatable bonds is 10. The summed E-state index contributed by atoms with van der Waals surface area (Å²) in [7, 11) is 7.78. The number of methoxy groups -OCH3 is 1. The lowest BCUT2D eigenvalue weighted by Gasteiger charge is -2.10. The number of carbonyl (C=O) groups excluding carboxylic acids is 1. The predicted octanol–water partition coefficient (Wildman–Crippen LogP) is 1.20. The van der Waals surface area contributed by atoms with Crippen LogP contribution in [0.15, 0.2) is 18.2 Å². The average molecular weight is 304 g/mol. The molecular formula is C17H29BN2O2. The maximum absolute atomic E-state index is 12.1. The van der Waals surface area contributed by atoms with Gasteiger partial charge in [0.05, 0.1) is 7.11 Å². The molecular weight excluding hydrogens is 275 g/mol. The first kappa shape index (κ1) is 18.6. The molecule has 1 rings (SSSR count). The van der Waals surface area contributed by atoms with Gasteiger partial charge in [-0.3, -0.25) is 4.79 Å². The second-order valence-corrected chi connectivity index (χ2v) is 6.01. The molecule has 1 aromatic rings. The van der Waals surface area contributed by atoms with Crippen LogP contribution in [0.5, 0.6) is 5.75 Å². The number of benzene rings is 1. The summed E-state index contributed by atoms with van der Waals surface area (Å²) in [4.78, 5) is 14.3. The lowest BCUT2D eigenvalue weighted by molar-refractivity contribution is 0.0954. The van der Waals surface area contributed by atoms with E-state index in [2.05, 4.69) is 24.3 Å². The number of nitrogens with zero attached hydrogens (tertiary/aromatic N) is 1. The smallest absolute Gasteiger partial charge is 0.250 e. The highest BCUT2D eigenvalue weighted by Crippen LogP contribution is 2.09. The Morgan fingerprint density at radius 2 is 1.86 bits per heavy atom. The van der Waals surface area contributed by atoms with Gasteiger partial charge in [0.2, 0.25) is 0 Å². The predicted molar refractivity (Wildman–Crippen MR) is 95.1 cm³/mol. The van der Waals surface area contributed by atoms with E-state index in [-0.39, 0.29) is 5.91 Å². The molecule has 0 unspecified atom stereocenters. The van der Waals surface area contributed by atoms with E-state index in [1.165, 1.54) is 25.7 Å². The van der Waals surface area contributed by atoms with Crippen LogP contribution < -0.4 is 15.5 Å². The molecule has 1 aromatic carbocycles. The van der Waals surface area contributed by atoms with Crippen LogP contribution >= 0.6 is 0 Å². The Hall–Kier alpha value is -1.49. The third kappa shape index (κ3) is 6.99. The van der Waals surface area contributed by atoms with Crippen molar-refractivity contribution in [3.05, 3.63) is 23.8 Å². The molecule has 0 aliphatic heterocycles. The lowest BCUT2D eigenvalue weighted by atomic mass is 9.90. The van der Waals surface area contributed by atoms with E-state index in [4.69, 9.17) is 4.74 Å². The molecule has 122 valence electrons. The van der Waals surface area contributed by atoms with Crippen molar-refractivity contribution in [2.45, 2.75) is 32.1 Å². The minimum absolute atomic E-state index is 0.00719. The highest BCUT2D eigenvalue weighted by Gasteiger charge is 2.08. The van der Waals surface area contributed by atoms with Gasteiger partial charge in [-0.1, -0.05) is 24.7 Å². The summed E-state index contributed by atoms with van der Waals surface area (Å²) in [5.74, 6) is 0.791. The molecule has 0 heterocycles. The van der Waals surface area contributed by atoms with Crippen molar-refractivity contribution in [1.29, 1.82) is 0 Å².